The van der Waals surface area contributed by atoms with Crippen LogP contribution < -0.4 is 0 Å². The van der Waals surface area contributed by atoms with Gasteiger partial charge in [-0.3, -0.25) is 4.79 Å². The van der Waals surface area contributed by atoms with Crippen LogP contribution in [0.1, 0.15) is 15.9 Å². The van der Waals surface area contributed by atoms with E-state index in [0.29, 0.717) is 5.56 Å². The summed E-state index contributed by atoms with van der Waals surface area (Å²) in [4.78, 5) is 10.2. The molecule has 1 rings (SSSR count). The fraction of sp³-hybridized carbons (Fsp3) is 0.111. The number of carbonyl (C=O) groups is 1. The molecule has 0 spiro atoms. The van der Waals surface area contributed by atoms with Crippen LogP contribution in [-0.4, -0.2) is 11.7 Å². The molecule has 0 unspecified atom stereocenters. The normalized spacial score (nSPS) is 9.09. The monoisotopic (exact) mass is 164 g/mol. The van der Waals surface area contributed by atoms with Crippen molar-refractivity contribution in [3.05, 3.63) is 35.4 Å². The van der Waals surface area contributed by atoms with Gasteiger partial charge >= 0.3 is 0 Å². The van der Waals surface area contributed by atoms with Crippen molar-refractivity contribution in [1.29, 1.82) is 0 Å². The lowest BCUT2D eigenvalue weighted by molar-refractivity contribution is 0.112. The minimum atomic E-state index is 0.707. The van der Waals surface area contributed by atoms with E-state index >= 15 is 0 Å². The van der Waals surface area contributed by atoms with Gasteiger partial charge in [-0.15, -0.1) is 0 Å². The maximum absolute atomic E-state index is 10.2. The van der Waals surface area contributed by atoms with Gasteiger partial charge in [-0.1, -0.05) is 36.5 Å². The molecule has 0 aliphatic heterocycles. The molecular formula is C9H8OS. The number of hydrogen-bond acceptors (Lipinski definition) is 2. The molecular weight excluding hydrogens is 156 g/mol. The average molecular weight is 164 g/mol. The lowest BCUT2D eigenvalue weighted by atomic mass is 10.1. The summed E-state index contributed by atoms with van der Waals surface area (Å²) in [7, 11) is 0. The van der Waals surface area contributed by atoms with Crippen molar-refractivity contribution in [3.63, 3.8) is 0 Å². The Kier molecular flexibility index (Phi) is 2.93. The number of thiocarbonyl (C=S) groups is 1. The van der Waals surface area contributed by atoms with E-state index in [2.05, 4.69) is 0 Å². The number of benzene rings is 1. The van der Waals surface area contributed by atoms with Crippen LogP contribution in [0.2, 0.25) is 0 Å². The molecule has 0 heterocycles. The van der Waals surface area contributed by atoms with Gasteiger partial charge in [0.1, 0.15) is 6.29 Å². The Bertz CT molecular complexity index is 251. The van der Waals surface area contributed by atoms with Crippen LogP contribution in [0.5, 0.6) is 0 Å². The Hall–Kier alpha value is -1.02. The minimum absolute atomic E-state index is 0.707. The molecule has 0 radical (unpaired) electrons. The van der Waals surface area contributed by atoms with Gasteiger partial charge in [0.25, 0.3) is 0 Å². The van der Waals surface area contributed by atoms with Crippen LogP contribution in [-0.2, 0) is 6.42 Å². The zero-order valence-corrected chi connectivity index (χ0v) is 6.80. The average Bonchev–Trinajstić information content (AvgIpc) is 2.07. The van der Waals surface area contributed by atoms with Crippen LogP contribution in [0.4, 0.5) is 0 Å². The van der Waals surface area contributed by atoms with Crippen molar-refractivity contribution >= 4 is 23.9 Å². The Morgan fingerprint density at radius 1 is 1.27 bits per heavy atom. The second kappa shape index (κ2) is 3.98. The highest BCUT2D eigenvalue weighted by molar-refractivity contribution is 7.78. The molecule has 0 bridgehead atoms. The topological polar surface area (TPSA) is 17.1 Å². The molecule has 0 amide bonds. The van der Waals surface area contributed by atoms with E-state index in [-0.39, 0.29) is 0 Å². The molecule has 11 heavy (non-hydrogen) atoms. The van der Waals surface area contributed by atoms with Gasteiger partial charge in [0.15, 0.2) is 0 Å². The van der Waals surface area contributed by atoms with Crippen LogP contribution in [0.15, 0.2) is 24.3 Å². The Balaban J connectivity index is 2.81. The number of hydrogen-bond donors (Lipinski definition) is 0. The Morgan fingerprint density at radius 3 is 2.36 bits per heavy atom. The highest BCUT2D eigenvalue weighted by Gasteiger charge is 1.90. The molecule has 0 N–H and O–H groups in total. The maximum atomic E-state index is 10.2. The maximum Gasteiger partial charge on any atom is 0.150 e. The molecule has 2 heteroatoms. The highest BCUT2D eigenvalue weighted by Crippen LogP contribution is 2.01. The predicted molar refractivity (Wildman–Crippen MR) is 49.2 cm³/mol. The molecule has 0 saturated heterocycles. The first-order chi connectivity index (χ1) is 5.36. The van der Waals surface area contributed by atoms with Gasteiger partial charge in [-0.25, -0.2) is 0 Å². The van der Waals surface area contributed by atoms with E-state index in [0.717, 1.165) is 18.3 Å². The Morgan fingerprint density at radius 2 is 1.91 bits per heavy atom. The smallest absolute Gasteiger partial charge is 0.150 e. The molecule has 0 aromatic heterocycles. The van der Waals surface area contributed by atoms with Crippen molar-refractivity contribution in [2.45, 2.75) is 6.42 Å². The van der Waals surface area contributed by atoms with Gasteiger partial charge in [0.05, 0.1) is 0 Å². The zero-order chi connectivity index (χ0) is 8.10. The summed E-state index contributed by atoms with van der Waals surface area (Å²) < 4.78 is 0. The van der Waals surface area contributed by atoms with Crippen molar-refractivity contribution in [2.24, 2.45) is 0 Å². The molecule has 0 fully saturated rings. The SMILES string of the molecule is O=Cc1ccc(CC=S)cc1. The van der Waals surface area contributed by atoms with Gasteiger partial charge in [-0.2, -0.15) is 0 Å². The lowest BCUT2D eigenvalue weighted by Gasteiger charge is -1.94. The van der Waals surface area contributed by atoms with Gasteiger partial charge in [0, 0.05) is 12.0 Å². The van der Waals surface area contributed by atoms with Crippen LogP contribution >= 0.6 is 12.2 Å². The molecule has 56 valence electrons. The van der Waals surface area contributed by atoms with Crippen LogP contribution in [0.3, 0.4) is 0 Å². The molecule has 0 atom stereocenters. The molecule has 0 aliphatic carbocycles. The van der Waals surface area contributed by atoms with E-state index < -0.39 is 0 Å². The lowest BCUT2D eigenvalue weighted by Crippen LogP contribution is -1.85. The number of rotatable bonds is 3. The summed E-state index contributed by atoms with van der Waals surface area (Å²) >= 11 is 4.70. The van der Waals surface area contributed by atoms with Crippen LogP contribution in [0.25, 0.3) is 0 Å². The van der Waals surface area contributed by atoms with E-state index in [4.69, 9.17) is 12.2 Å². The first-order valence-corrected chi connectivity index (χ1v) is 3.81. The van der Waals surface area contributed by atoms with E-state index in [1.54, 1.807) is 17.5 Å². The second-order valence-electron chi connectivity index (χ2n) is 2.23. The number of aldehydes is 1. The van der Waals surface area contributed by atoms with E-state index in [9.17, 15) is 4.79 Å². The summed E-state index contributed by atoms with van der Waals surface area (Å²) in [5.74, 6) is 0. The fourth-order valence-electron chi connectivity index (χ4n) is 0.829. The molecule has 0 aliphatic rings. The third kappa shape index (κ3) is 2.24. The van der Waals surface area contributed by atoms with Crippen LogP contribution in [0, 0.1) is 0 Å². The molecule has 1 aromatic rings. The quantitative estimate of drug-likeness (QED) is 0.502. The third-order valence-electron chi connectivity index (χ3n) is 1.43. The van der Waals surface area contributed by atoms with E-state index in [1.165, 1.54) is 0 Å². The third-order valence-corrected chi connectivity index (χ3v) is 1.60. The predicted octanol–water partition coefficient (Wildman–Crippen LogP) is 2.04. The Labute approximate surface area is 71.0 Å². The summed E-state index contributed by atoms with van der Waals surface area (Å²) in [5, 5.41) is 1.68. The summed E-state index contributed by atoms with van der Waals surface area (Å²) in [6, 6.07) is 7.40. The molecule has 0 saturated carbocycles. The van der Waals surface area contributed by atoms with Gasteiger partial charge in [0.2, 0.25) is 0 Å². The first-order valence-electron chi connectivity index (χ1n) is 3.34. The second-order valence-corrected chi connectivity index (χ2v) is 2.56. The van der Waals surface area contributed by atoms with Crippen molar-refractivity contribution < 1.29 is 4.79 Å². The van der Waals surface area contributed by atoms with Crippen molar-refractivity contribution in [2.75, 3.05) is 0 Å². The molecule has 1 nitrogen and oxygen atoms in total. The summed E-state index contributed by atoms with van der Waals surface area (Å²) in [6.07, 6.45) is 1.62. The first kappa shape index (κ1) is 8.08. The largest absolute Gasteiger partial charge is 0.298 e. The van der Waals surface area contributed by atoms with Gasteiger partial charge in [-0.05, 0) is 10.9 Å². The van der Waals surface area contributed by atoms with E-state index in [1.807, 2.05) is 12.1 Å². The minimum Gasteiger partial charge on any atom is -0.298 e. The van der Waals surface area contributed by atoms with Gasteiger partial charge < -0.3 is 0 Å². The summed E-state index contributed by atoms with van der Waals surface area (Å²) in [6.45, 7) is 0. The zero-order valence-electron chi connectivity index (χ0n) is 5.99. The van der Waals surface area contributed by atoms with Crippen molar-refractivity contribution in [3.8, 4) is 0 Å². The highest BCUT2D eigenvalue weighted by atomic mass is 32.1. The summed E-state index contributed by atoms with van der Waals surface area (Å²) in [5.41, 5.74) is 1.85. The fourth-order valence-corrected chi connectivity index (χ4v) is 1.02. The standard InChI is InChI=1S/C9H8OS/c10-7-9-3-1-8(2-4-9)5-6-11/h1-4,6-7H,5H2. The number of carbonyl (C=O) groups excluding carboxylic acids is 1. The van der Waals surface area contributed by atoms with Crippen molar-refractivity contribution in [1.82, 2.24) is 0 Å². The molecule has 1 aromatic carbocycles.